The van der Waals surface area contributed by atoms with Gasteiger partial charge in [-0.1, -0.05) is 6.07 Å². The van der Waals surface area contributed by atoms with Crippen molar-refractivity contribution in [2.24, 2.45) is 0 Å². The summed E-state index contributed by atoms with van der Waals surface area (Å²) >= 11 is 5.86. The van der Waals surface area contributed by atoms with Crippen molar-refractivity contribution in [3.63, 3.8) is 0 Å². The molecule has 5 heteroatoms. The zero-order valence-electron chi connectivity index (χ0n) is 5.24. The molecule has 0 bridgehead atoms. The van der Waals surface area contributed by atoms with Gasteiger partial charge in [0.25, 0.3) is 5.78 Å². The molecule has 1 aromatic heterocycles. The molecule has 0 saturated heterocycles. The number of thiophene rings is 1. The average molecular weight is 191 g/mol. The predicted octanol–water partition coefficient (Wildman–Crippen LogP) is 1.63. The molecule has 1 heterocycles. The second kappa shape index (κ2) is 3.50. The molecule has 0 radical (unpaired) electrons. The van der Waals surface area contributed by atoms with Gasteiger partial charge in [-0.3, -0.25) is 4.79 Å². The van der Waals surface area contributed by atoms with Crippen LogP contribution in [0, 0.1) is 0 Å². The lowest BCUT2D eigenvalue weighted by molar-refractivity contribution is -0.128. The molecule has 0 fully saturated rings. The van der Waals surface area contributed by atoms with Gasteiger partial charge in [-0.2, -0.15) is 0 Å². The number of ketones is 1. The second-order valence-electron chi connectivity index (χ2n) is 1.67. The second-order valence-corrected chi connectivity index (χ2v) is 2.77. The Labute approximate surface area is 71.7 Å². The van der Waals surface area contributed by atoms with Crippen molar-refractivity contribution >= 4 is 35.0 Å². The number of rotatable bonds is 2. The summed E-state index contributed by atoms with van der Waals surface area (Å²) in [6.45, 7) is 0. The summed E-state index contributed by atoms with van der Waals surface area (Å²) < 4.78 is 3.73. The van der Waals surface area contributed by atoms with E-state index in [1.807, 2.05) is 0 Å². The van der Waals surface area contributed by atoms with Crippen molar-refractivity contribution < 1.29 is 13.9 Å². The highest BCUT2D eigenvalue weighted by Crippen LogP contribution is 2.10. The smallest absolute Gasteiger partial charge is 0.341 e. The Morgan fingerprint density at radius 3 is 2.73 bits per heavy atom. The number of hydrogen-bond acceptors (Lipinski definition) is 4. The monoisotopic (exact) mass is 190 g/mol. The number of Topliss-reactive ketones (excluding diaryl/α,β-unsaturated/α-hetero) is 1. The molecule has 0 aliphatic rings. The first-order valence-electron chi connectivity index (χ1n) is 2.66. The minimum atomic E-state index is -1.05. The van der Waals surface area contributed by atoms with Crippen molar-refractivity contribution in [2.45, 2.75) is 0 Å². The molecule has 1 aromatic rings. The molecule has 0 aliphatic heterocycles. The van der Waals surface area contributed by atoms with Crippen LogP contribution in [0.1, 0.15) is 9.67 Å². The minimum absolute atomic E-state index is 0.329. The summed E-state index contributed by atoms with van der Waals surface area (Å²) in [4.78, 5) is 21.7. The molecule has 1 rings (SSSR count). The fraction of sp³-hybridized carbons (Fsp3) is 0. The Balaban J connectivity index is 2.79. The van der Waals surface area contributed by atoms with Crippen LogP contribution in [-0.2, 0) is 9.08 Å². The molecule has 0 saturated carbocycles. The first kappa shape index (κ1) is 8.23. The maximum atomic E-state index is 10.9. The van der Waals surface area contributed by atoms with Crippen LogP contribution in [0.4, 0.5) is 0 Å². The third-order valence-electron chi connectivity index (χ3n) is 1.00. The van der Waals surface area contributed by atoms with Crippen LogP contribution in [0.5, 0.6) is 0 Å². The van der Waals surface area contributed by atoms with E-state index in [0.717, 1.165) is 0 Å². The molecule has 58 valence electrons. The molecular formula is C6H3ClO3S. The molecule has 11 heavy (non-hydrogen) atoms. The van der Waals surface area contributed by atoms with Crippen LogP contribution in [0.15, 0.2) is 17.5 Å². The van der Waals surface area contributed by atoms with Crippen molar-refractivity contribution in [1.29, 1.82) is 0 Å². The van der Waals surface area contributed by atoms with E-state index in [9.17, 15) is 9.59 Å². The van der Waals surface area contributed by atoms with E-state index in [1.165, 1.54) is 17.4 Å². The van der Waals surface area contributed by atoms with Crippen molar-refractivity contribution in [2.75, 3.05) is 0 Å². The van der Waals surface area contributed by atoms with Crippen LogP contribution in [0.3, 0.4) is 0 Å². The quantitative estimate of drug-likeness (QED) is 0.526. The van der Waals surface area contributed by atoms with Crippen molar-refractivity contribution in [3.05, 3.63) is 22.4 Å². The minimum Gasteiger partial charge on any atom is -0.341 e. The lowest BCUT2D eigenvalue weighted by atomic mass is 10.3. The third-order valence-corrected chi connectivity index (χ3v) is 2.01. The van der Waals surface area contributed by atoms with E-state index in [1.54, 1.807) is 11.4 Å². The molecule has 0 aliphatic carbocycles. The maximum Gasteiger partial charge on any atom is 0.398 e. The number of hydrogen-bond donors (Lipinski definition) is 0. The summed E-state index contributed by atoms with van der Waals surface area (Å²) in [6.07, 6.45) is 0. The molecule has 0 unspecified atom stereocenters. The zero-order chi connectivity index (χ0) is 8.27. The van der Waals surface area contributed by atoms with Gasteiger partial charge in [0.2, 0.25) is 0 Å². The standard InChI is InChI=1S/C6H3ClO3S/c7-10-6(9)5(8)4-2-1-3-11-4/h1-3H. The van der Waals surface area contributed by atoms with Gasteiger partial charge in [0.05, 0.1) is 4.88 Å². The Bertz CT molecular complexity index is 267. The van der Waals surface area contributed by atoms with Crippen LogP contribution >= 0.6 is 23.2 Å². The Morgan fingerprint density at radius 1 is 1.55 bits per heavy atom. The summed E-state index contributed by atoms with van der Waals surface area (Å²) in [7, 11) is 0. The molecule has 3 nitrogen and oxygen atoms in total. The fourth-order valence-electron chi connectivity index (χ4n) is 0.543. The summed E-state index contributed by atoms with van der Waals surface area (Å²) in [5.41, 5.74) is 0. The molecule has 0 aromatic carbocycles. The molecule has 0 amide bonds. The lowest BCUT2D eigenvalue weighted by Crippen LogP contribution is -2.11. The van der Waals surface area contributed by atoms with Gasteiger partial charge in [0.1, 0.15) is 11.9 Å². The highest BCUT2D eigenvalue weighted by molar-refractivity contribution is 7.12. The van der Waals surface area contributed by atoms with Gasteiger partial charge in [-0.15, -0.1) is 11.3 Å². The number of halogens is 1. The van der Waals surface area contributed by atoms with Crippen LogP contribution in [0.2, 0.25) is 0 Å². The predicted molar refractivity (Wildman–Crippen MR) is 40.6 cm³/mol. The van der Waals surface area contributed by atoms with E-state index < -0.39 is 11.8 Å². The van der Waals surface area contributed by atoms with Crippen LogP contribution < -0.4 is 0 Å². The van der Waals surface area contributed by atoms with Crippen LogP contribution in [0.25, 0.3) is 0 Å². The summed E-state index contributed by atoms with van der Waals surface area (Å²) in [5.74, 6) is -1.76. The Kier molecular flexibility index (Phi) is 2.62. The van der Waals surface area contributed by atoms with E-state index in [0.29, 0.717) is 4.88 Å². The largest absolute Gasteiger partial charge is 0.398 e. The van der Waals surface area contributed by atoms with Crippen molar-refractivity contribution in [1.82, 2.24) is 0 Å². The van der Waals surface area contributed by atoms with Gasteiger partial charge < -0.3 is 4.29 Å². The van der Waals surface area contributed by atoms with Gasteiger partial charge in [-0.25, -0.2) is 4.79 Å². The lowest BCUT2D eigenvalue weighted by Gasteiger charge is -1.89. The first-order valence-corrected chi connectivity index (χ1v) is 3.85. The SMILES string of the molecule is O=C(OCl)C(=O)c1cccs1. The van der Waals surface area contributed by atoms with Gasteiger partial charge in [-0.05, 0) is 11.4 Å². The van der Waals surface area contributed by atoms with E-state index in [-0.39, 0.29) is 0 Å². The highest BCUT2D eigenvalue weighted by atomic mass is 35.5. The van der Waals surface area contributed by atoms with Gasteiger partial charge in [0, 0.05) is 0 Å². The molecule has 0 spiro atoms. The van der Waals surface area contributed by atoms with E-state index in [4.69, 9.17) is 11.9 Å². The summed E-state index contributed by atoms with van der Waals surface area (Å²) in [6, 6.07) is 3.19. The number of carbonyl (C=O) groups excluding carboxylic acids is 2. The van der Waals surface area contributed by atoms with E-state index in [2.05, 4.69) is 4.29 Å². The first-order chi connectivity index (χ1) is 5.25. The highest BCUT2D eigenvalue weighted by Gasteiger charge is 2.17. The third kappa shape index (κ3) is 1.78. The number of carbonyl (C=O) groups is 2. The summed E-state index contributed by atoms with van der Waals surface area (Å²) in [5, 5.41) is 1.69. The molecular weight excluding hydrogens is 188 g/mol. The van der Waals surface area contributed by atoms with E-state index >= 15 is 0 Å². The topological polar surface area (TPSA) is 43.4 Å². The Hall–Kier alpha value is -0.870. The van der Waals surface area contributed by atoms with Gasteiger partial charge in [0.15, 0.2) is 0 Å². The molecule has 0 atom stereocenters. The van der Waals surface area contributed by atoms with Gasteiger partial charge >= 0.3 is 5.97 Å². The average Bonchev–Trinajstić information content (AvgIpc) is 2.53. The fourth-order valence-corrected chi connectivity index (χ4v) is 1.26. The Morgan fingerprint density at radius 2 is 2.27 bits per heavy atom. The molecule has 0 N–H and O–H groups in total. The van der Waals surface area contributed by atoms with Crippen molar-refractivity contribution in [3.8, 4) is 0 Å². The normalized spacial score (nSPS) is 9.18. The maximum absolute atomic E-state index is 10.9. The van der Waals surface area contributed by atoms with Crippen LogP contribution in [-0.4, -0.2) is 11.8 Å². The zero-order valence-corrected chi connectivity index (χ0v) is 6.82.